The molecule has 40 heavy (non-hydrogen) atoms. The summed E-state index contributed by atoms with van der Waals surface area (Å²) in [5, 5.41) is 8.13. The molecular formula is C29H36N8O3. The molecule has 2 aliphatic rings. The standard InChI is InChI=1S/C29H36N8O3/c1-5-29(38)34-22-15-23(26(39-4)16-25(22)36-12-10-35(6-2)11-13-36)33-27-17-28(32-19-31-27)37-24(9-14-40-37)21-8-7-20(3)30-18-21/h5,7-8,15-19,24H,1,6,9-14H2,2-4H3,(H,34,38)(H,31,32,33). The third kappa shape index (κ3) is 6.00. The summed E-state index contributed by atoms with van der Waals surface area (Å²) >= 11 is 0. The van der Waals surface area contributed by atoms with Crippen molar-refractivity contribution in [3.05, 3.63) is 66.8 Å². The van der Waals surface area contributed by atoms with Gasteiger partial charge in [0.25, 0.3) is 0 Å². The predicted octanol–water partition coefficient (Wildman–Crippen LogP) is 4.08. The molecule has 1 aromatic carbocycles. The van der Waals surface area contributed by atoms with E-state index in [4.69, 9.17) is 9.57 Å². The number of hydrogen-bond acceptors (Lipinski definition) is 10. The van der Waals surface area contributed by atoms with E-state index in [1.54, 1.807) is 7.11 Å². The maximum atomic E-state index is 12.3. The van der Waals surface area contributed by atoms with Gasteiger partial charge in [-0.15, -0.1) is 0 Å². The zero-order valence-electron chi connectivity index (χ0n) is 23.3. The van der Waals surface area contributed by atoms with Gasteiger partial charge in [0, 0.05) is 56.6 Å². The lowest BCUT2D eigenvalue weighted by Crippen LogP contribution is -2.46. The smallest absolute Gasteiger partial charge is 0.247 e. The number of aryl methyl sites for hydroxylation is 1. The van der Waals surface area contributed by atoms with E-state index in [9.17, 15) is 4.79 Å². The number of carbonyl (C=O) groups is 1. The number of hydrogen-bond donors (Lipinski definition) is 2. The first-order chi connectivity index (χ1) is 19.5. The highest BCUT2D eigenvalue weighted by atomic mass is 16.7. The molecule has 2 saturated heterocycles. The number of ether oxygens (including phenoxy) is 1. The lowest BCUT2D eigenvalue weighted by atomic mass is 10.1. The topological polar surface area (TPSA) is 108 Å². The van der Waals surface area contributed by atoms with Gasteiger partial charge in [-0.2, -0.15) is 0 Å². The summed E-state index contributed by atoms with van der Waals surface area (Å²) in [6.45, 7) is 13.0. The average Bonchev–Trinajstić information content (AvgIpc) is 3.48. The van der Waals surface area contributed by atoms with Crippen molar-refractivity contribution in [3.8, 4) is 5.75 Å². The molecule has 0 aliphatic carbocycles. The average molecular weight is 545 g/mol. The van der Waals surface area contributed by atoms with E-state index >= 15 is 0 Å². The van der Waals surface area contributed by atoms with Crippen molar-refractivity contribution in [1.82, 2.24) is 19.9 Å². The number of likely N-dealkylation sites (N-methyl/N-ethyl adjacent to an activating group) is 1. The molecule has 0 spiro atoms. The molecule has 2 fully saturated rings. The first kappa shape index (κ1) is 27.4. The molecular weight excluding hydrogens is 508 g/mol. The van der Waals surface area contributed by atoms with Crippen molar-refractivity contribution in [2.24, 2.45) is 0 Å². The van der Waals surface area contributed by atoms with Crippen LogP contribution in [0, 0.1) is 6.92 Å². The van der Waals surface area contributed by atoms with Gasteiger partial charge in [-0.1, -0.05) is 19.6 Å². The molecule has 2 N–H and O–H groups in total. The Morgan fingerprint density at radius 3 is 2.67 bits per heavy atom. The largest absolute Gasteiger partial charge is 0.494 e. The zero-order valence-corrected chi connectivity index (χ0v) is 23.3. The normalized spacial score (nSPS) is 17.5. The Labute approximate surface area is 234 Å². The Morgan fingerprint density at radius 1 is 1.15 bits per heavy atom. The van der Waals surface area contributed by atoms with Crippen LogP contribution in [0.4, 0.5) is 28.7 Å². The van der Waals surface area contributed by atoms with E-state index in [2.05, 4.69) is 55.0 Å². The second-order valence-electron chi connectivity index (χ2n) is 9.77. The van der Waals surface area contributed by atoms with Crippen molar-refractivity contribution >= 4 is 34.6 Å². The highest BCUT2D eigenvalue weighted by Crippen LogP contribution is 2.40. The van der Waals surface area contributed by atoms with Gasteiger partial charge in [0.2, 0.25) is 5.91 Å². The second kappa shape index (κ2) is 12.3. The second-order valence-corrected chi connectivity index (χ2v) is 9.77. The van der Waals surface area contributed by atoms with Crippen molar-refractivity contribution in [3.63, 3.8) is 0 Å². The van der Waals surface area contributed by atoms with Crippen molar-refractivity contribution in [2.75, 3.05) is 67.0 Å². The van der Waals surface area contributed by atoms with Crippen molar-refractivity contribution < 1.29 is 14.4 Å². The molecule has 210 valence electrons. The number of hydroxylamine groups is 1. The van der Waals surface area contributed by atoms with E-state index < -0.39 is 0 Å². The van der Waals surface area contributed by atoms with Gasteiger partial charge >= 0.3 is 0 Å². The fourth-order valence-corrected chi connectivity index (χ4v) is 5.03. The number of nitrogens with one attached hydrogen (secondary N) is 2. The molecule has 1 amide bonds. The quantitative estimate of drug-likeness (QED) is 0.383. The lowest BCUT2D eigenvalue weighted by molar-refractivity contribution is -0.111. The molecule has 11 heteroatoms. The Balaban J connectivity index is 1.42. The molecule has 3 aromatic rings. The Morgan fingerprint density at radius 2 is 1.98 bits per heavy atom. The van der Waals surface area contributed by atoms with Gasteiger partial charge in [0.05, 0.1) is 36.8 Å². The Bertz CT molecular complexity index is 1340. The van der Waals surface area contributed by atoms with Crippen LogP contribution in [0.1, 0.15) is 30.6 Å². The molecule has 0 bridgehead atoms. The molecule has 2 aromatic heterocycles. The summed E-state index contributed by atoms with van der Waals surface area (Å²) in [5.74, 6) is 1.54. The van der Waals surface area contributed by atoms with Gasteiger partial charge in [0.15, 0.2) is 5.82 Å². The number of nitrogens with zero attached hydrogens (tertiary/aromatic N) is 6. The molecule has 4 heterocycles. The minimum atomic E-state index is -0.281. The molecule has 1 atom stereocenters. The van der Waals surface area contributed by atoms with Crippen LogP contribution in [0.15, 0.2) is 55.5 Å². The number of piperazine rings is 1. The van der Waals surface area contributed by atoms with Gasteiger partial charge in [0.1, 0.15) is 17.9 Å². The predicted molar refractivity (Wildman–Crippen MR) is 156 cm³/mol. The lowest BCUT2D eigenvalue weighted by Gasteiger charge is -2.36. The number of methoxy groups -OCH3 is 1. The third-order valence-electron chi connectivity index (χ3n) is 7.29. The summed E-state index contributed by atoms with van der Waals surface area (Å²) in [5.41, 5.74) is 4.26. The van der Waals surface area contributed by atoms with E-state index in [-0.39, 0.29) is 11.9 Å². The van der Waals surface area contributed by atoms with E-state index in [1.807, 2.05) is 42.4 Å². The number of rotatable bonds is 9. The number of carbonyl (C=O) groups excluding carboxylic acids is 1. The summed E-state index contributed by atoms with van der Waals surface area (Å²) in [4.78, 5) is 36.3. The third-order valence-corrected chi connectivity index (χ3v) is 7.29. The summed E-state index contributed by atoms with van der Waals surface area (Å²) in [7, 11) is 1.63. The SMILES string of the molecule is C=CC(=O)Nc1cc(Nc2cc(N3OCCC3c3ccc(C)nc3)ncn2)c(OC)cc1N1CCN(CC)CC1. The molecule has 5 rings (SSSR count). The van der Waals surface area contributed by atoms with Gasteiger partial charge in [-0.25, -0.2) is 15.0 Å². The van der Waals surface area contributed by atoms with Crippen LogP contribution in [0.5, 0.6) is 5.75 Å². The minimum Gasteiger partial charge on any atom is -0.494 e. The van der Waals surface area contributed by atoms with Crippen molar-refractivity contribution in [2.45, 2.75) is 26.3 Å². The number of anilines is 5. The summed E-state index contributed by atoms with van der Waals surface area (Å²) in [6.07, 6.45) is 5.47. The van der Waals surface area contributed by atoms with Crippen LogP contribution in [-0.4, -0.2) is 72.2 Å². The molecule has 0 saturated carbocycles. The maximum absolute atomic E-state index is 12.3. The van der Waals surface area contributed by atoms with Crippen LogP contribution >= 0.6 is 0 Å². The fraction of sp³-hybridized carbons (Fsp3) is 0.379. The number of amides is 1. The first-order valence-corrected chi connectivity index (χ1v) is 13.6. The van der Waals surface area contributed by atoms with Gasteiger partial charge in [-0.05, 0) is 37.2 Å². The van der Waals surface area contributed by atoms with Crippen LogP contribution in [0.3, 0.4) is 0 Å². The van der Waals surface area contributed by atoms with E-state index in [0.29, 0.717) is 35.4 Å². The molecule has 2 aliphatic heterocycles. The van der Waals surface area contributed by atoms with Crippen molar-refractivity contribution in [1.29, 1.82) is 0 Å². The summed E-state index contributed by atoms with van der Waals surface area (Å²) < 4.78 is 5.77. The zero-order chi connectivity index (χ0) is 28.1. The Kier molecular flexibility index (Phi) is 8.42. The molecule has 11 nitrogen and oxygen atoms in total. The molecule has 1 unspecified atom stereocenters. The first-order valence-electron chi connectivity index (χ1n) is 13.6. The molecule has 0 radical (unpaired) electrons. The van der Waals surface area contributed by atoms with E-state index in [1.165, 1.54) is 12.4 Å². The Hall–Kier alpha value is -4.22. The highest BCUT2D eigenvalue weighted by molar-refractivity contribution is 6.02. The van der Waals surface area contributed by atoms with Crippen LogP contribution < -0.4 is 25.3 Å². The van der Waals surface area contributed by atoms with Crippen LogP contribution in [0.25, 0.3) is 0 Å². The number of benzene rings is 1. The fourth-order valence-electron chi connectivity index (χ4n) is 5.03. The maximum Gasteiger partial charge on any atom is 0.247 e. The summed E-state index contributed by atoms with van der Waals surface area (Å²) in [6, 6.07) is 9.73. The van der Waals surface area contributed by atoms with Gasteiger partial charge in [-0.3, -0.25) is 14.6 Å². The highest BCUT2D eigenvalue weighted by Gasteiger charge is 2.29. The van der Waals surface area contributed by atoms with Crippen LogP contribution in [-0.2, 0) is 9.63 Å². The minimum absolute atomic E-state index is 0.00133. The van der Waals surface area contributed by atoms with Gasteiger partial charge < -0.3 is 25.2 Å². The van der Waals surface area contributed by atoms with E-state index in [0.717, 1.165) is 56.1 Å². The monoisotopic (exact) mass is 544 g/mol. The van der Waals surface area contributed by atoms with Crippen LogP contribution in [0.2, 0.25) is 0 Å². The number of aromatic nitrogens is 3. The number of pyridine rings is 1.